The Morgan fingerprint density at radius 2 is 1.78 bits per heavy atom. The molecule has 0 fully saturated rings. The Labute approximate surface area is 287 Å². The van der Waals surface area contributed by atoms with Crippen LogP contribution >= 0.6 is 11.6 Å². The number of amides is 3. The molecule has 3 atom stereocenters. The number of aromatic amines is 1. The predicted octanol–water partition coefficient (Wildman–Crippen LogP) is 6.91. The zero-order valence-corrected chi connectivity index (χ0v) is 28.2. The quantitative estimate of drug-likeness (QED) is 0.150. The molecule has 49 heavy (non-hydrogen) atoms. The van der Waals surface area contributed by atoms with Crippen molar-refractivity contribution in [1.82, 2.24) is 15.2 Å². The Hall–Kier alpha value is -4.75. The number of hydrogen-bond acceptors (Lipinski definition) is 5. The van der Waals surface area contributed by atoms with E-state index in [9.17, 15) is 22.8 Å². The maximum atomic E-state index is 14.6. The fourth-order valence-electron chi connectivity index (χ4n) is 5.93. The maximum Gasteiger partial charge on any atom is 0.490 e. The number of H-pyrrole nitrogens is 1. The van der Waals surface area contributed by atoms with Gasteiger partial charge in [0.15, 0.2) is 0 Å². The third-order valence-electron chi connectivity index (χ3n) is 8.01. The lowest BCUT2D eigenvalue weighted by Crippen LogP contribution is -2.55. The Balaban J connectivity index is 0.000000698. The number of nitrogens with zero attached hydrogens (tertiary/aromatic N) is 2. The van der Waals surface area contributed by atoms with Crippen LogP contribution in [-0.2, 0) is 16.0 Å². The lowest BCUT2D eigenvalue weighted by atomic mass is 9.88. The number of halogens is 4. The summed E-state index contributed by atoms with van der Waals surface area (Å²) >= 11 is 6.38. The van der Waals surface area contributed by atoms with Crippen LogP contribution in [0.5, 0.6) is 5.75 Å². The molecule has 0 bridgehead atoms. The van der Waals surface area contributed by atoms with E-state index in [4.69, 9.17) is 26.2 Å². The number of ether oxygens (including phenoxy) is 1. The van der Waals surface area contributed by atoms with Crippen molar-refractivity contribution in [3.63, 3.8) is 0 Å². The van der Waals surface area contributed by atoms with Crippen molar-refractivity contribution in [3.05, 3.63) is 89.1 Å². The van der Waals surface area contributed by atoms with Gasteiger partial charge in [-0.2, -0.15) is 13.2 Å². The first-order chi connectivity index (χ1) is 23.2. The smallest absolute Gasteiger partial charge is 0.490 e. The number of hydrogen-bond donors (Lipinski definition) is 4. The normalized spacial score (nSPS) is 15.4. The van der Waals surface area contributed by atoms with E-state index in [1.807, 2.05) is 93.6 Å². The van der Waals surface area contributed by atoms with E-state index >= 15 is 0 Å². The van der Waals surface area contributed by atoms with E-state index < -0.39 is 24.2 Å². The van der Waals surface area contributed by atoms with Crippen molar-refractivity contribution in [1.29, 1.82) is 0 Å². The molecule has 0 radical (unpaired) electrons. The van der Waals surface area contributed by atoms with Gasteiger partial charge in [0.2, 0.25) is 5.91 Å². The molecule has 10 nitrogen and oxygen atoms in total. The van der Waals surface area contributed by atoms with Gasteiger partial charge in [0, 0.05) is 46.8 Å². The number of aromatic nitrogens is 1. The molecule has 1 aliphatic heterocycles. The summed E-state index contributed by atoms with van der Waals surface area (Å²) in [5.41, 5.74) is 4.33. The minimum Gasteiger partial charge on any atom is -0.492 e. The fraction of sp³-hybridized carbons (Fsp3) is 0.343. The number of benzene rings is 3. The number of rotatable bonds is 9. The lowest BCUT2D eigenvalue weighted by Gasteiger charge is -2.38. The standard InChI is InChI=1S/C33H38ClN5O3.C2HF3O2/c1-5-42-30-13-9-8-12-28(30)36-33(41)37-31(21(2)26-18-35-27-11-7-6-10-25(26)27)32(40)39-20-22(19-38(3)4)16-23-17-24(34)14-15-29(23)39;3-2(4,5)1(6)7/h6-15,17-18,21-22,31,35H,5,16,19-20H2,1-4H3,(H2,36,37,41);(H,6,7)/t21?,22-,31?;/m1./s1. The highest BCUT2D eigenvalue weighted by Crippen LogP contribution is 2.35. The summed E-state index contributed by atoms with van der Waals surface area (Å²) in [4.78, 5) is 44.3. The topological polar surface area (TPSA) is 127 Å². The molecule has 14 heteroatoms. The van der Waals surface area contributed by atoms with Gasteiger partial charge in [0.1, 0.15) is 11.8 Å². The number of carboxylic acids is 1. The van der Waals surface area contributed by atoms with Crippen LogP contribution in [0.25, 0.3) is 10.9 Å². The molecular weight excluding hydrogens is 663 g/mol. The van der Waals surface area contributed by atoms with Crippen molar-refractivity contribution in [2.24, 2.45) is 5.92 Å². The summed E-state index contributed by atoms with van der Waals surface area (Å²) in [6, 6.07) is 19.6. The Morgan fingerprint density at radius 3 is 2.45 bits per heavy atom. The number of alkyl halides is 3. The fourth-order valence-corrected chi connectivity index (χ4v) is 6.12. The van der Waals surface area contributed by atoms with Gasteiger partial charge in [0.05, 0.1) is 12.3 Å². The SMILES string of the molecule is CCOc1ccccc1NC(=O)NC(C(=O)N1C[C@@H](CN(C)C)Cc2cc(Cl)ccc21)C(C)c1c[nH]c2ccccc12.O=C(O)C(F)(F)F. The van der Waals surface area contributed by atoms with Crippen LogP contribution in [0.15, 0.2) is 72.9 Å². The van der Waals surface area contributed by atoms with E-state index in [2.05, 4.69) is 20.5 Å². The molecule has 1 aliphatic rings. The van der Waals surface area contributed by atoms with E-state index in [0.29, 0.717) is 29.6 Å². The number of carboxylic acid groups (broad SMARTS) is 1. The molecule has 0 aliphatic carbocycles. The molecule has 262 valence electrons. The summed E-state index contributed by atoms with van der Waals surface area (Å²) in [6.07, 6.45) is -2.33. The summed E-state index contributed by atoms with van der Waals surface area (Å²) in [5.74, 6) is -2.49. The van der Waals surface area contributed by atoms with Gasteiger partial charge in [0.25, 0.3) is 0 Å². The van der Waals surface area contributed by atoms with Crippen LogP contribution in [0.1, 0.15) is 30.9 Å². The Kier molecular flexibility index (Phi) is 12.2. The number of anilines is 2. The summed E-state index contributed by atoms with van der Waals surface area (Å²) in [6.45, 7) is 5.70. The molecule has 0 spiro atoms. The molecule has 0 saturated heterocycles. The van der Waals surface area contributed by atoms with Crippen LogP contribution in [0.4, 0.5) is 29.3 Å². The largest absolute Gasteiger partial charge is 0.492 e. The zero-order valence-electron chi connectivity index (χ0n) is 27.5. The first-order valence-corrected chi connectivity index (χ1v) is 16.0. The molecule has 4 aromatic rings. The van der Waals surface area contributed by atoms with E-state index in [1.165, 1.54) is 0 Å². The van der Waals surface area contributed by atoms with Crippen molar-refractivity contribution >= 4 is 51.8 Å². The number of para-hydroxylation sites is 3. The molecule has 5 rings (SSSR count). The van der Waals surface area contributed by atoms with Gasteiger partial charge in [-0.25, -0.2) is 9.59 Å². The second kappa shape index (κ2) is 16.1. The van der Waals surface area contributed by atoms with Crippen molar-refractivity contribution in [2.75, 3.05) is 44.0 Å². The second-order valence-electron chi connectivity index (χ2n) is 11.9. The number of urea groups is 1. The molecule has 4 N–H and O–H groups in total. The van der Waals surface area contributed by atoms with Crippen molar-refractivity contribution in [2.45, 2.75) is 38.4 Å². The van der Waals surface area contributed by atoms with Gasteiger partial charge in [-0.05, 0) is 80.9 Å². The number of carbonyl (C=O) groups excluding carboxylic acids is 2. The molecule has 2 heterocycles. The Morgan fingerprint density at radius 1 is 1.10 bits per heavy atom. The zero-order chi connectivity index (χ0) is 35.9. The highest BCUT2D eigenvalue weighted by atomic mass is 35.5. The minimum absolute atomic E-state index is 0.173. The minimum atomic E-state index is -5.08. The highest BCUT2D eigenvalue weighted by molar-refractivity contribution is 6.30. The van der Waals surface area contributed by atoms with Crippen LogP contribution < -0.4 is 20.3 Å². The van der Waals surface area contributed by atoms with Gasteiger partial charge in [-0.1, -0.05) is 48.9 Å². The number of carbonyl (C=O) groups is 3. The van der Waals surface area contributed by atoms with E-state index in [0.717, 1.165) is 40.7 Å². The monoisotopic (exact) mass is 701 g/mol. The average Bonchev–Trinajstić information content (AvgIpc) is 3.47. The molecule has 3 aromatic carbocycles. The van der Waals surface area contributed by atoms with Gasteiger partial charge in [-0.15, -0.1) is 0 Å². The van der Waals surface area contributed by atoms with Crippen LogP contribution in [-0.4, -0.2) is 78.9 Å². The van der Waals surface area contributed by atoms with Gasteiger partial charge >= 0.3 is 18.2 Å². The predicted molar refractivity (Wildman–Crippen MR) is 184 cm³/mol. The van der Waals surface area contributed by atoms with Crippen LogP contribution in [0.3, 0.4) is 0 Å². The van der Waals surface area contributed by atoms with Gasteiger partial charge < -0.3 is 35.3 Å². The third kappa shape index (κ3) is 9.45. The van der Waals surface area contributed by atoms with E-state index in [1.54, 1.807) is 12.1 Å². The molecule has 2 unspecified atom stereocenters. The molecule has 3 amide bonds. The maximum absolute atomic E-state index is 14.6. The second-order valence-corrected chi connectivity index (χ2v) is 12.4. The molecular formula is C35H39ClF3N5O5. The number of nitrogens with one attached hydrogen (secondary N) is 3. The third-order valence-corrected chi connectivity index (χ3v) is 8.25. The average molecular weight is 702 g/mol. The van der Waals surface area contributed by atoms with Crippen LogP contribution in [0, 0.1) is 5.92 Å². The van der Waals surface area contributed by atoms with Crippen molar-refractivity contribution < 1.29 is 37.4 Å². The number of aliphatic carboxylic acids is 1. The molecule has 0 saturated carbocycles. The van der Waals surface area contributed by atoms with Crippen molar-refractivity contribution in [3.8, 4) is 5.75 Å². The first kappa shape index (κ1) is 37.1. The summed E-state index contributed by atoms with van der Waals surface area (Å²) in [5, 5.41) is 14.7. The van der Waals surface area contributed by atoms with E-state index in [-0.39, 0.29) is 17.7 Å². The van der Waals surface area contributed by atoms with Gasteiger partial charge in [-0.3, -0.25) is 4.79 Å². The lowest BCUT2D eigenvalue weighted by molar-refractivity contribution is -0.192. The Bertz CT molecular complexity index is 1780. The summed E-state index contributed by atoms with van der Waals surface area (Å²) < 4.78 is 37.4. The highest BCUT2D eigenvalue weighted by Gasteiger charge is 2.39. The first-order valence-electron chi connectivity index (χ1n) is 15.6. The van der Waals surface area contributed by atoms with Crippen LogP contribution in [0.2, 0.25) is 5.02 Å². The number of fused-ring (bicyclic) bond motifs is 2. The summed E-state index contributed by atoms with van der Waals surface area (Å²) in [7, 11) is 4.07. The molecule has 1 aromatic heterocycles.